The molecule has 32 heavy (non-hydrogen) atoms. The standard InChI is InChI=1S/C25H27FN4O2/c1-29-13-4-7-22(29)23(30-14-12-19-5-2-3-6-20(19)17-30)16-28-25(32)24(31)27-15-18-8-10-21(26)11-9-18/h2-11,13,23H,12,14-17H2,1H3,(H,27,31)(H,28,32). The van der Waals surface area contributed by atoms with Gasteiger partial charge in [-0.3, -0.25) is 14.5 Å². The van der Waals surface area contributed by atoms with Crippen molar-refractivity contribution < 1.29 is 14.0 Å². The first-order valence-corrected chi connectivity index (χ1v) is 10.7. The van der Waals surface area contributed by atoms with Crippen LogP contribution in [0.1, 0.15) is 28.4 Å². The fourth-order valence-electron chi connectivity index (χ4n) is 4.16. The Morgan fingerprint density at radius 2 is 1.69 bits per heavy atom. The molecule has 6 nitrogen and oxygen atoms in total. The average Bonchev–Trinajstić information content (AvgIpc) is 3.24. The first-order valence-electron chi connectivity index (χ1n) is 10.7. The number of aromatic nitrogens is 1. The SMILES string of the molecule is Cn1cccc1C(CNC(=O)C(=O)NCc1ccc(F)cc1)N1CCc2ccccc2C1. The third kappa shape index (κ3) is 5.06. The van der Waals surface area contributed by atoms with E-state index in [2.05, 4.69) is 33.7 Å². The van der Waals surface area contributed by atoms with E-state index in [9.17, 15) is 14.0 Å². The van der Waals surface area contributed by atoms with Crippen molar-refractivity contribution in [1.29, 1.82) is 0 Å². The molecule has 0 saturated carbocycles. The Morgan fingerprint density at radius 3 is 2.41 bits per heavy atom. The number of carbonyl (C=O) groups excluding carboxylic acids is 2. The van der Waals surface area contributed by atoms with Gasteiger partial charge in [0.15, 0.2) is 0 Å². The molecule has 2 heterocycles. The Bertz CT molecular complexity index is 1090. The van der Waals surface area contributed by atoms with Gasteiger partial charge in [0.2, 0.25) is 0 Å². The molecular formula is C25H27FN4O2. The first kappa shape index (κ1) is 21.8. The monoisotopic (exact) mass is 434 g/mol. The summed E-state index contributed by atoms with van der Waals surface area (Å²) in [6.07, 6.45) is 2.93. The van der Waals surface area contributed by atoms with Crippen molar-refractivity contribution in [2.24, 2.45) is 7.05 Å². The molecule has 166 valence electrons. The number of amides is 2. The summed E-state index contributed by atoms with van der Waals surface area (Å²) in [5, 5.41) is 5.39. The van der Waals surface area contributed by atoms with E-state index in [-0.39, 0.29) is 18.4 Å². The number of hydrogen-bond acceptors (Lipinski definition) is 3. The minimum Gasteiger partial charge on any atom is -0.353 e. The zero-order chi connectivity index (χ0) is 22.5. The van der Waals surface area contributed by atoms with E-state index in [1.807, 2.05) is 36.0 Å². The molecule has 0 fully saturated rings. The van der Waals surface area contributed by atoms with E-state index in [1.165, 1.54) is 23.3 Å². The van der Waals surface area contributed by atoms with Gasteiger partial charge in [-0.1, -0.05) is 36.4 Å². The Labute approximate surface area is 187 Å². The van der Waals surface area contributed by atoms with Crippen LogP contribution >= 0.6 is 0 Å². The molecular weight excluding hydrogens is 407 g/mol. The summed E-state index contributed by atoms with van der Waals surface area (Å²) in [5.41, 5.74) is 4.46. The van der Waals surface area contributed by atoms with Crippen LogP contribution in [-0.4, -0.2) is 34.4 Å². The van der Waals surface area contributed by atoms with Gasteiger partial charge in [-0.15, -0.1) is 0 Å². The highest BCUT2D eigenvalue weighted by Gasteiger charge is 2.27. The second kappa shape index (κ2) is 9.78. The van der Waals surface area contributed by atoms with Crippen LogP contribution in [0.5, 0.6) is 0 Å². The molecule has 1 unspecified atom stereocenters. The average molecular weight is 435 g/mol. The summed E-state index contributed by atoms with van der Waals surface area (Å²) in [5.74, 6) is -1.72. The van der Waals surface area contributed by atoms with Gasteiger partial charge in [0.1, 0.15) is 5.82 Å². The molecule has 1 atom stereocenters. The predicted molar refractivity (Wildman–Crippen MR) is 120 cm³/mol. The number of halogens is 1. The van der Waals surface area contributed by atoms with Crippen molar-refractivity contribution in [2.45, 2.75) is 25.6 Å². The maximum Gasteiger partial charge on any atom is 0.309 e. The van der Waals surface area contributed by atoms with E-state index >= 15 is 0 Å². The highest BCUT2D eigenvalue weighted by Crippen LogP contribution is 2.27. The van der Waals surface area contributed by atoms with E-state index < -0.39 is 11.8 Å². The predicted octanol–water partition coefficient (Wildman–Crippen LogP) is 2.70. The van der Waals surface area contributed by atoms with Crippen LogP contribution in [0.3, 0.4) is 0 Å². The van der Waals surface area contributed by atoms with E-state index in [1.54, 1.807) is 12.1 Å². The van der Waals surface area contributed by atoms with Gasteiger partial charge in [-0.25, -0.2) is 4.39 Å². The maximum absolute atomic E-state index is 13.0. The quantitative estimate of drug-likeness (QED) is 0.587. The molecule has 4 rings (SSSR count). The largest absolute Gasteiger partial charge is 0.353 e. The molecule has 2 N–H and O–H groups in total. The zero-order valence-electron chi connectivity index (χ0n) is 18.1. The molecule has 7 heteroatoms. The van der Waals surface area contributed by atoms with Crippen LogP contribution in [-0.2, 0) is 36.1 Å². The summed E-state index contributed by atoms with van der Waals surface area (Å²) in [6, 6.07) is 18.2. The first-order chi connectivity index (χ1) is 15.5. The number of nitrogens with one attached hydrogen (secondary N) is 2. The lowest BCUT2D eigenvalue weighted by Gasteiger charge is -2.36. The van der Waals surface area contributed by atoms with Crippen molar-refractivity contribution in [3.05, 3.63) is 95.1 Å². The summed E-state index contributed by atoms with van der Waals surface area (Å²) < 4.78 is 15.1. The minimum absolute atomic E-state index is 0.0581. The third-order valence-electron chi connectivity index (χ3n) is 5.95. The highest BCUT2D eigenvalue weighted by molar-refractivity contribution is 6.35. The van der Waals surface area contributed by atoms with Crippen LogP contribution in [0.25, 0.3) is 0 Å². The van der Waals surface area contributed by atoms with Crippen LogP contribution in [0.2, 0.25) is 0 Å². The fraction of sp³-hybridized carbons (Fsp3) is 0.280. The van der Waals surface area contributed by atoms with Crippen LogP contribution in [0, 0.1) is 5.82 Å². The van der Waals surface area contributed by atoms with Gasteiger partial charge < -0.3 is 15.2 Å². The van der Waals surface area contributed by atoms with Crippen LogP contribution in [0.15, 0.2) is 66.9 Å². The highest BCUT2D eigenvalue weighted by atomic mass is 19.1. The van der Waals surface area contributed by atoms with Crippen LogP contribution < -0.4 is 10.6 Å². The van der Waals surface area contributed by atoms with Crippen molar-refractivity contribution in [1.82, 2.24) is 20.1 Å². The molecule has 2 amide bonds. The molecule has 0 aliphatic carbocycles. The molecule has 3 aromatic rings. The van der Waals surface area contributed by atoms with Gasteiger partial charge in [-0.2, -0.15) is 0 Å². The smallest absolute Gasteiger partial charge is 0.309 e. The summed E-state index contributed by atoms with van der Waals surface area (Å²) in [6.45, 7) is 2.15. The minimum atomic E-state index is -0.705. The lowest BCUT2D eigenvalue weighted by molar-refractivity contribution is -0.139. The van der Waals surface area contributed by atoms with Gasteiger partial charge in [-0.05, 0) is 47.4 Å². The van der Waals surface area contributed by atoms with Gasteiger partial charge in [0, 0.05) is 45.1 Å². The van der Waals surface area contributed by atoms with Crippen LogP contribution in [0.4, 0.5) is 4.39 Å². The Morgan fingerprint density at radius 1 is 0.969 bits per heavy atom. The summed E-state index contributed by atoms with van der Waals surface area (Å²) >= 11 is 0. The fourth-order valence-corrected chi connectivity index (χ4v) is 4.16. The summed E-state index contributed by atoms with van der Waals surface area (Å²) in [7, 11) is 1.98. The number of aryl methyl sites for hydroxylation is 1. The second-order valence-electron chi connectivity index (χ2n) is 8.07. The summed E-state index contributed by atoms with van der Waals surface area (Å²) in [4.78, 5) is 27.1. The number of fused-ring (bicyclic) bond motifs is 1. The zero-order valence-corrected chi connectivity index (χ0v) is 18.1. The third-order valence-corrected chi connectivity index (χ3v) is 5.95. The lowest BCUT2D eigenvalue weighted by atomic mass is 9.98. The van der Waals surface area contributed by atoms with Crippen molar-refractivity contribution in [3.63, 3.8) is 0 Å². The maximum atomic E-state index is 13.0. The number of benzene rings is 2. The number of hydrogen-bond donors (Lipinski definition) is 2. The molecule has 0 radical (unpaired) electrons. The number of rotatable bonds is 6. The molecule has 1 aromatic heterocycles. The normalized spacial score (nSPS) is 14.4. The molecule has 2 aromatic carbocycles. The second-order valence-corrected chi connectivity index (χ2v) is 8.07. The Balaban J connectivity index is 1.39. The molecule has 1 aliphatic heterocycles. The molecule has 0 saturated heterocycles. The van der Waals surface area contributed by atoms with Gasteiger partial charge in [0.05, 0.1) is 6.04 Å². The molecule has 0 spiro atoms. The van der Waals surface area contributed by atoms with Gasteiger partial charge >= 0.3 is 11.8 Å². The van der Waals surface area contributed by atoms with E-state index in [0.717, 1.165) is 30.8 Å². The van der Waals surface area contributed by atoms with E-state index in [4.69, 9.17) is 0 Å². The number of nitrogens with zero attached hydrogens (tertiary/aromatic N) is 2. The van der Waals surface area contributed by atoms with Crippen molar-refractivity contribution in [2.75, 3.05) is 13.1 Å². The Hall–Kier alpha value is -3.45. The topological polar surface area (TPSA) is 66.4 Å². The van der Waals surface area contributed by atoms with E-state index in [0.29, 0.717) is 6.54 Å². The van der Waals surface area contributed by atoms with Crippen molar-refractivity contribution in [3.8, 4) is 0 Å². The number of carbonyl (C=O) groups is 2. The molecule has 1 aliphatic rings. The van der Waals surface area contributed by atoms with Crippen molar-refractivity contribution >= 4 is 11.8 Å². The molecule has 0 bridgehead atoms. The Kier molecular flexibility index (Phi) is 6.66. The lowest BCUT2D eigenvalue weighted by Crippen LogP contribution is -2.45. The van der Waals surface area contributed by atoms with Gasteiger partial charge in [0.25, 0.3) is 0 Å².